The number of hydrogen-bond donors (Lipinski definition) is 0. The summed E-state index contributed by atoms with van der Waals surface area (Å²) in [4.78, 5) is 31.1. The van der Waals surface area contributed by atoms with E-state index >= 15 is 0 Å². The van der Waals surface area contributed by atoms with E-state index in [9.17, 15) is 27.2 Å². The number of imidazole rings is 1. The van der Waals surface area contributed by atoms with Crippen molar-refractivity contribution < 1.29 is 31.9 Å². The van der Waals surface area contributed by atoms with Crippen molar-refractivity contribution in [3.8, 4) is 0 Å². The Morgan fingerprint density at radius 2 is 2.13 bits per heavy atom. The van der Waals surface area contributed by atoms with Gasteiger partial charge in [-0.25, -0.2) is 14.2 Å². The second-order valence-electron chi connectivity index (χ2n) is 7.10. The number of ether oxygens (including phenoxy) is 1. The minimum atomic E-state index is -4.65. The third-order valence-electron chi connectivity index (χ3n) is 5.21. The van der Waals surface area contributed by atoms with Gasteiger partial charge < -0.3 is 14.2 Å². The van der Waals surface area contributed by atoms with E-state index in [0.29, 0.717) is 5.69 Å². The molecule has 0 saturated carbocycles. The van der Waals surface area contributed by atoms with E-state index in [1.807, 2.05) is 0 Å². The molecule has 2 aliphatic heterocycles. The van der Waals surface area contributed by atoms with Gasteiger partial charge in [0.2, 0.25) is 0 Å². The summed E-state index contributed by atoms with van der Waals surface area (Å²) in [6.45, 7) is 1.24. The molecule has 4 rings (SSSR count). The Kier molecular flexibility index (Phi) is 5.27. The van der Waals surface area contributed by atoms with Crippen LogP contribution in [0.15, 0.2) is 18.5 Å². The minimum Gasteiger partial charge on any atom is -0.464 e. The van der Waals surface area contributed by atoms with Gasteiger partial charge in [0.1, 0.15) is 6.17 Å². The van der Waals surface area contributed by atoms with Crippen LogP contribution in [-0.4, -0.2) is 39.1 Å². The van der Waals surface area contributed by atoms with Gasteiger partial charge in [-0.2, -0.15) is 13.2 Å². The van der Waals surface area contributed by atoms with Crippen LogP contribution < -0.4 is 0 Å². The third-order valence-corrected chi connectivity index (χ3v) is 5.83. The van der Waals surface area contributed by atoms with Gasteiger partial charge in [-0.15, -0.1) is 0 Å². The fraction of sp³-hybridized carbons (Fsp3) is 0.421. The maximum Gasteiger partial charge on any atom is 0.416 e. The number of rotatable bonds is 4. The second-order valence-corrected chi connectivity index (χ2v) is 8.34. The standard InChI is InChI=1S/C19H16F4IN3O3/c1-2-30-18(29)16(15-14-3-9(20)6-26(14)8-25-15)27-7-12-11(17(27)28)4-10(24)5-13(12)19(21,22)23/h4-5,8-9,16H,2-3,6-7H2,1H3/t9-,16?/m1/s1. The Morgan fingerprint density at radius 1 is 1.40 bits per heavy atom. The van der Waals surface area contributed by atoms with E-state index in [4.69, 9.17) is 4.74 Å². The number of fused-ring (bicyclic) bond motifs is 2. The number of carbonyl (C=O) groups is 2. The van der Waals surface area contributed by atoms with Crippen molar-refractivity contribution in [2.24, 2.45) is 0 Å². The van der Waals surface area contributed by atoms with Gasteiger partial charge in [-0.05, 0) is 47.2 Å². The highest BCUT2D eigenvalue weighted by molar-refractivity contribution is 14.1. The molecule has 11 heteroatoms. The van der Waals surface area contributed by atoms with E-state index in [1.54, 1.807) is 34.1 Å². The lowest BCUT2D eigenvalue weighted by molar-refractivity contribution is -0.149. The summed E-state index contributed by atoms with van der Waals surface area (Å²) in [7, 11) is 0. The van der Waals surface area contributed by atoms with Gasteiger partial charge in [-0.1, -0.05) is 0 Å². The van der Waals surface area contributed by atoms with Crippen molar-refractivity contribution in [3.05, 3.63) is 50.1 Å². The molecule has 160 valence electrons. The molecular weight excluding hydrogens is 521 g/mol. The number of esters is 1. The maximum atomic E-state index is 13.9. The van der Waals surface area contributed by atoms with Crippen molar-refractivity contribution in [1.29, 1.82) is 0 Å². The highest BCUT2D eigenvalue weighted by Gasteiger charge is 2.46. The monoisotopic (exact) mass is 537 g/mol. The van der Waals surface area contributed by atoms with Gasteiger partial charge in [0, 0.05) is 27.8 Å². The summed E-state index contributed by atoms with van der Waals surface area (Å²) in [5.41, 5.74) is -0.640. The molecule has 0 fully saturated rings. The molecule has 2 aromatic rings. The summed E-state index contributed by atoms with van der Waals surface area (Å²) in [6.07, 6.45) is -4.44. The molecule has 3 heterocycles. The highest BCUT2D eigenvalue weighted by Crippen LogP contribution is 2.41. The molecule has 30 heavy (non-hydrogen) atoms. The van der Waals surface area contributed by atoms with E-state index in [2.05, 4.69) is 4.98 Å². The summed E-state index contributed by atoms with van der Waals surface area (Å²) < 4.78 is 61.5. The molecule has 1 aromatic carbocycles. The lowest BCUT2D eigenvalue weighted by Gasteiger charge is -2.25. The second kappa shape index (κ2) is 7.50. The van der Waals surface area contributed by atoms with E-state index in [0.717, 1.165) is 11.0 Å². The average molecular weight is 537 g/mol. The van der Waals surface area contributed by atoms with Gasteiger partial charge >= 0.3 is 12.1 Å². The molecule has 0 N–H and O–H groups in total. The van der Waals surface area contributed by atoms with Crippen LogP contribution in [0.5, 0.6) is 0 Å². The van der Waals surface area contributed by atoms with E-state index in [-0.39, 0.29) is 40.0 Å². The van der Waals surface area contributed by atoms with Gasteiger partial charge in [0.25, 0.3) is 5.91 Å². The van der Waals surface area contributed by atoms with Crippen molar-refractivity contribution in [3.63, 3.8) is 0 Å². The topological polar surface area (TPSA) is 64.4 Å². The zero-order valence-corrected chi connectivity index (χ0v) is 17.8. The van der Waals surface area contributed by atoms with Crippen molar-refractivity contribution in [2.45, 2.75) is 44.8 Å². The van der Waals surface area contributed by atoms with Crippen LogP contribution in [0.25, 0.3) is 0 Å². The summed E-state index contributed by atoms with van der Waals surface area (Å²) >= 11 is 1.72. The maximum absolute atomic E-state index is 13.9. The molecule has 0 bridgehead atoms. The predicted octanol–water partition coefficient (Wildman–Crippen LogP) is 3.66. The van der Waals surface area contributed by atoms with Gasteiger partial charge in [0.05, 0.1) is 30.7 Å². The van der Waals surface area contributed by atoms with Crippen molar-refractivity contribution in [1.82, 2.24) is 14.5 Å². The number of carbonyl (C=O) groups excluding carboxylic acids is 2. The first kappa shape index (κ1) is 21.1. The molecule has 1 unspecified atom stereocenters. The first-order valence-corrected chi connectivity index (χ1v) is 10.2. The number of alkyl halides is 4. The summed E-state index contributed by atoms with van der Waals surface area (Å²) in [5.74, 6) is -1.53. The van der Waals surface area contributed by atoms with E-state index in [1.165, 1.54) is 12.4 Å². The van der Waals surface area contributed by atoms with Crippen LogP contribution in [0, 0.1) is 3.57 Å². The molecule has 2 atom stereocenters. The quantitative estimate of drug-likeness (QED) is 0.340. The zero-order valence-electron chi connectivity index (χ0n) is 15.7. The number of amides is 1. The van der Waals surface area contributed by atoms with E-state index < -0.39 is 42.4 Å². The first-order chi connectivity index (χ1) is 14.1. The zero-order chi connectivity index (χ0) is 21.8. The van der Waals surface area contributed by atoms with Crippen LogP contribution in [-0.2, 0) is 35.2 Å². The SMILES string of the molecule is CCOC(=O)C(c1ncn2c1C[C@@H](F)C2)N1Cc2c(cc(I)cc2C(F)(F)F)C1=O. The molecular formula is C19H16F4IN3O3. The molecule has 1 aromatic heterocycles. The Balaban J connectivity index is 1.80. The Labute approximate surface area is 182 Å². The number of nitrogens with zero attached hydrogens (tertiary/aromatic N) is 3. The fourth-order valence-electron chi connectivity index (χ4n) is 3.98. The molecule has 0 radical (unpaired) electrons. The van der Waals surface area contributed by atoms with Crippen molar-refractivity contribution >= 4 is 34.5 Å². The summed E-state index contributed by atoms with van der Waals surface area (Å²) in [5, 5.41) is 0. The lowest BCUT2D eigenvalue weighted by Crippen LogP contribution is -2.36. The number of aromatic nitrogens is 2. The normalized spacial score (nSPS) is 19.1. The fourth-order valence-corrected chi connectivity index (χ4v) is 4.61. The highest BCUT2D eigenvalue weighted by atomic mass is 127. The van der Waals surface area contributed by atoms with Crippen LogP contribution in [0.4, 0.5) is 17.6 Å². The molecule has 0 saturated heterocycles. The first-order valence-electron chi connectivity index (χ1n) is 9.17. The largest absolute Gasteiger partial charge is 0.464 e. The number of benzene rings is 1. The molecule has 2 aliphatic rings. The minimum absolute atomic E-state index is 0.00587. The Morgan fingerprint density at radius 3 is 2.80 bits per heavy atom. The molecule has 0 spiro atoms. The Hall–Kier alpha value is -2.18. The molecule has 0 aliphatic carbocycles. The van der Waals surface area contributed by atoms with Gasteiger partial charge in [-0.3, -0.25) is 4.79 Å². The third kappa shape index (κ3) is 3.46. The van der Waals surface area contributed by atoms with Crippen LogP contribution in [0.3, 0.4) is 0 Å². The predicted molar refractivity (Wildman–Crippen MR) is 104 cm³/mol. The van der Waals surface area contributed by atoms with Crippen LogP contribution in [0.2, 0.25) is 0 Å². The number of halogens is 5. The number of hydrogen-bond acceptors (Lipinski definition) is 4. The smallest absolute Gasteiger partial charge is 0.416 e. The van der Waals surface area contributed by atoms with Crippen LogP contribution in [0.1, 0.15) is 45.8 Å². The van der Waals surface area contributed by atoms with Gasteiger partial charge in [0.15, 0.2) is 6.04 Å². The average Bonchev–Trinajstić information content (AvgIpc) is 3.29. The molecule has 6 nitrogen and oxygen atoms in total. The Bertz CT molecular complexity index is 1040. The molecule has 1 amide bonds. The summed E-state index contributed by atoms with van der Waals surface area (Å²) in [6, 6.07) is 0.979. The lowest BCUT2D eigenvalue weighted by atomic mass is 10.0. The van der Waals surface area contributed by atoms with Crippen molar-refractivity contribution in [2.75, 3.05) is 6.61 Å². The van der Waals surface area contributed by atoms with Crippen LogP contribution >= 0.6 is 22.6 Å².